The minimum atomic E-state index is -0.378. The number of nitro benzene ring substituents is 1. The Hall–Kier alpha value is -3.82. The van der Waals surface area contributed by atoms with Crippen LogP contribution >= 0.6 is 0 Å². The summed E-state index contributed by atoms with van der Waals surface area (Å²) in [5.74, 6) is 0.597. The molecule has 2 N–H and O–H groups in total. The first kappa shape index (κ1) is 16.6. The molecule has 4 aromatic rings. The van der Waals surface area contributed by atoms with Crippen molar-refractivity contribution in [2.24, 2.45) is 0 Å². The summed E-state index contributed by atoms with van der Waals surface area (Å²) in [6, 6.07) is 8.49. The van der Waals surface area contributed by atoms with E-state index in [1.807, 2.05) is 6.92 Å². The van der Waals surface area contributed by atoms with E-state index < -0.39 is 0 Å². The quantitative estimate of drug-likeness (QED) is 0.420. The molecule has 0 saturated heterocycles. The van der Waals surface area contributed by atoms with Crippen molar-refractivity contribution in [3.05, 3.63) is 57.8 Å². The van der Waals surface area contributed by atoms with Gasteiger partial charge in [-0.1, -0.05) is 18.2 Å². The van der Waals surface area contributed by atoms with Crippen LogP contribution in [0.1, 0.15) is 18.1 Å². The maximum Gasteiger partial charge on any atom is 0.272 e. The van der Waals surface area contributed by atoms with Crippen molar-refractivity contribution in [2.75, 3.05) is 5.73 Å². The molecule has 0 amide bonds. The number of nitrogen functional groups attached to an aromatic ring is 1. The van der Waals surface area contributed by atoms with Crippen LogP contribution in [-0.2, 0) is 13.0 Å². The van der Waals surface area contributed by atoms with Crippen LogP contribution in [0.15, 0.2) is 41.0 Å². The van der Waals surface area contributed by atoms with Crippen molar-refractivity contribution < 1.29 is 9.34 Å². The van der Waals surface area contributed by atoms with E-state index in [0.717, 1.165) is 5.56 Å². The molecule has 0 radical (unpaired) electrons. The molecule has 0 saturated carbocycles. The fraction of sp³-hybridized carbons (Fsp3) is 0.176. The number of benzene rings is 1. The van der Waals surface area contributed by atoms with Crippen LogP contribution in [-0.4, -0.2) is 29.9 Å². The van der Waals surface area contributed by atoms with Crippen molar-refractivity contribution in [1.29, 1.82) is 0 Å². The number of hydrogen-bond acceptors (Lipinski definition) is 8. The molecule has 10 heteroatoms. The Morgan fingerprint density at radius 1 is 1.30 bits per heavy atom. The zero-order valence-electron chi connectivity index (χ0n) is 14.4. The second-order valence-corrected chi connectivity index (χ2v) is 5.90. The Labute approximate surface area is 152 Å². The third-order valence-corrected chi connectivity index (χ3v) is 4.19. The Morgan fingerprint density at radius 3 is 2.85 bits per heavy atom. The molecule has 0 bridgehead atoms. The number of nitrogens with zero attached hydrogens (tertiary/aromatic N) is 6. The van der Waals surface area contributed by atoms with Gasteiger partial charge in [0.05, 0.1) is 17.7 Å². The zero-order chi connectivity index (χ0) is 19.0. The van der Waals surface area contributed by atoms with Gasteiger partial charge < -0.3 is 10.2 Å². The molecule has 0 unspecified atom stereocenters. The van der Waals surface area contributed by atoms with Crippen LogP contribution in [0, 0.1) is 10.1 Å². The molecule has 0 atom stereocenters. The number of furan rings is 1. The van der Waals surface area contributed by atoms with Crippen LogP contribution < -0.4 is 5.73 Å². The van der Waals surface area contributed by atoms with Gasteiger partial charge in [0, 0.05) is 11.6 Å². The van der Waals surface area contributed by atoms with Gasteiger partial charge in [-0.05, 0) is 30.2 Å². The van der Waals surface area contributed by atoms with Crippen molar-refractivity contribution in [3.63, 3.8) is 0 Å². The number of anilines is 1. The Balaban J connectivity index is 1.76. The number of rotatable bonds is 5. The van der Waals surface area contributed by atoms with E-state index in [2.05, 4.69) is 20.3 Å². The summed E-state index contributed by atoms with van der Waals surface area (Å²) in [5, 5.41) is 19.4. The zero-order valence-corrected chi connectivity index (χ0v) is 14.4. The lowest BCUT2D eigenvalue weighted by atomic mass is 10.1. The van der Waals surface area contributed by atoms with Gasteiger partial charge >= 0.3 is 0 Å². The van der Waals surface area contributed by atoms with E-state index in [1.54, 1.807) is 28.9 Å². The number of aromatic nitrogens is 5. The van der Waals surface area contributed by atoms with Crippen LogP contribution in [0.25, 0.3) is 22.6 Å². The number of nitro groups is 1. The molecule has 1 aromatic carbocycles. The summed E-state index contributed by atoms with van der Waals surface area (Å²) in [7, 11) is 0. The van der Waals surface area contributed by atoms with E-state index in [4.69, 9.17) is 10.2 Å². The molecule has 136 valence electrons. The molecule has 0 aliphatic carbocycles. The average Bonchev–Trinajstić information content (AvgIpc) is 3.31. The predicted molar refractivity (Wildman–Crippen MR) is 96.8 cm³/mol. The van der Waals surface area contributed by atoms with E-state index >= 15 is 0 Å². The Bertz CT molecular complexity index is 1140. The van der Waals surface area contributed by atoms with E-state index in [-0.39, 0.29) is 16.6 Å². The smallest absolute Gasteiger partial charge is 0.272 e. The highest BCUT2D eigenvalue weighted by Gasteiger charge is 2.18. The summed E-state index contributed by atoms with van der Waals surface area (Å²) in [5.41, 5.74) is 8.86. The highest BCUT2D eigenvalue weighted by atomic mass is 16.6. The van der Waals surface area contributed by atoms with Crippen molar-refractivity contribution >= 4 is 22.8 Å². The summed E-state index contributed by atoms with van der Waals surface area (Å²) >= 11 is 0. The largest absolute Gasteiger partial charge is 0.463 e. The predicted octanol–water partition coefficient (Wildman–Crippen LogP) is 2.58. The summed E-state index contributed by atoms with van der Waals surface area (Å²) in [6.45, 7) is 2.22. The third-order valence-electron chi connectivity index (χ3n) is 4.19. The van der Waals surface area contributed by atoms with E-state index in [1.165, 1.54) is 12.3 Å². The fourth-order valence-corrected chi connectivity index (χ4v) is 2.94. The topological polar surface area (TPSA) is 139 Å². The molecule has 3 aromatic heterocycles. The van der Waals surface area contributed by atoms with Gasteiger partial charge in [-0.25, -0.2) is 9.67 Å². The summed E-state index contributed by atoms with van der Waals surface area (Å²) in [4.78, 5) is 19.2. The Kier molecular flexibility index (Phi) is 3.99. The maximum absolute atomic E-state index is 11.1. The molecule has 0 aliphatic heterocycles. The molecule has 27 heavy (non-hydrogen) atoms. The number of nitrogens with two attached hydrogens (primary N) is 1. The second-order valence-electron chi connectivity index (χ2n) is 5.90. The lowest BCUT2D eigenvalue weighted by Gasteiger charge is -2.06. The highest BCUT2D eigenvalue weighted by Crippen LogP contribution is 2.26. The molecule has 0 fully saturated rings. The van der Waals surface area contributed by atoms with Gasteiger partial charge in [-0.3, -0.25) is 10.1 Å². The monoisotopic (exact) mass is 365 g/mol. The maximum atomic E-state index is 11.1. The molecular formula is C17H15N7O3. The van der Waals surface area contributed by atoms with E-state index in [9.17, 15) is 10.1 Å². The normalized spacial score (nSPS) is 11.1. The molecule has 0 spiro atoms. The van der Waals surface area contributed by atoms with Gasteiger partial charge in [0.1, 0.15) is 5.69 Å². The third kappa shape index (κ3) is 2.97. The molecule has 3 heterocycles. The minimum Gasteiger partial charge on any atom is -0.463 e. The Morgan fingerprint density at radius 2 is 2.15 bits per heavy atom. The van der Waals surface area contributed by atoms with Crippen molar-refractivity contribution in [2.45, 2.75) is 19.9 Å². The van der Waals surface area contributed by atoms with Crippen molar-refractivity contribution in [1.82, 2.24) is 25.0 Å². The standard InChI is InChI=1S/C17H15N7O3/c1-2-11-8-10(5-6-12(11)24(25)26)9-23-16-15(21-22-23)14(19-17(18)20-16)13-4-3-7-27-13/h3-8H,2,9H2,1H3,(H2,18,19,20). The number of hydrogen-bond donors (Lipinski definition) is 1. The lowest BCUT2D eigenvalue weighted by Crippen LogP contribution is -2.06. The van der Waals surface area contributed by atoms with Crippen LogP contribution in [0.4, 0.5) is 11.6 Å². The molecule has 0 aliphatic rings. The van der Waals surface area contributed by atoms with E-state index in [0.29, 0.717) is 41.1 Å². The molecule has 4 rings (SSSR count). The van der Waals surface area contributed by atoms with Gasteiger partial charge in [0.15, 0.2) is 16.9 Å². The summed E-state index contributed by atoms with van der Waals surface area (Å²) in [6.07, 6.45) is 2.09. The first-order chi connectivity index (χ1) is 13.1. The van der Waals surface area contributed by atoms with Gasteiger partial charge in [-0.2, -0.15) is 4.98 Å². The van der Waals surface area contributed by atoms with Crippen LogP contribution in [0.3, 0.4) is 0 Å². The van der Waals surface area contributed by atoms with Gasteiger partial charge in [0.2, 0.25) is 5.95 Å². The fourth-order valence-electron chi connectivity index (χ4n) is 2.94. The first-order valence-corrected chi connectivity index (χ1v) is 8.23. The number of aryl methyl sites for hydroxylation is 1. The number of fused-ring (bicyclic) bond motifs is 1. The lowest BCUT2D eigenvalue weighted by molar-refractivity contribution is -0.385. The van der Waals surface area contributed by atoms with Crippen molar-refractivity contribution in [3.8, 4) is 11.5 Å². The SMILES string of the molecule is CCc1cc(Cn2nnc3c(-c4ccco4)nc(N)nc32)ccc1[N+](=O)[O-]. The first-order valence-electron chi connectivity index (χ1n) is 8.23. The van der Waals surface area contributed by atoms with Gasteiger partial charge in [-0.15, -0.1) is 5.10 Å². The summed E-state index contributed by atoms with van der Waals surface area (Å²) < 4.78 is 6.97. The highest BCUT2D eigenvalue weighted by molar-refractivity contribution is 5.85. The van der Waals surface area contributed by atoms with Crippen LogP contribution in [0.5, 0.6) is 0 Å². The molecule has 10 nitrogen and oxygen atoms in total. The van der Waals surface area contributed by atoms with Crippen LogP contribution in [0.2, 0.25) is 0 Å². The second kappa shape index (κ2) is 6.48. The van der Waals surface area contributed by atoms with Gasteiger partial charge in [0.25, 0.3) is 5.69 Å². The molecular weight excluding hydrogens is 350 g/mol. The average molecular weight is 365 g/mol. The minimum absolute atomic E-state index is 0.0791.